The first-order valence-electron chi connectivity index (χ1n) is 9.14. The lowest BCUT2D eigenvalue weighted by molar-refractivity contribution is 0.0593. The molecule has 1 saturated carbocycles. The third-order valence-corrected chi connectivity index (χ3v) is 5.67. The second kappa shape index (κ2) is 7.79. The van der Waals surface area contributed by atoms with Gasteiger partial charge >= 0.3 is 0 Å². The molecule has 1 heterocycles. The summed E-state index contributed by atoms with van der Waals surface area (Å²) in [5.41, 5.74) is 0.314. The van der Waals surface area contributed by atoms with Crippen molar-refractivity contribution >= 4 is 0 Å². The highest BCUT2D eigenvalue weighted by Crippen LogP contribution is 2.35. The second-order valence-electron chi connectivity index (χ2n) is 7.53. The van der Waals surface area contributed by atoms with Gasteiger partial charge in [0.25, 0.3) is 0 Å². The van der Waals surface area contributed by atoms with Crippen LogP contribution in [0.3, 0.4) is 0 Å². The Balaban J connectivity index is 2.06. The highest BCUT2D eigenvalue weighted by Gasteiger charge is 2.40. The van der Waals surface area contributed by atoms with Crippen molar-refractivity contribution in [1.29, 1.82) is 0 Å². The summed E-state index contributed by atoms with van der Waals surface area (Å²) in [4.78, 5) is 2.80. The van der Waals surface area contributed by atoms with Crippen molar-refractivity contribution in [3.63, 3.8) is 0 Å². The number of nitrogens with one attached hydrogen (secondary N) is 1. The van der Waals surface area contributed by atoms with Gasteiger partial charge in [-0.05, 0) is 71.5 Å². The minimum absolute atomic E-state index is 0.314. The molecule has 20 heavy (non-hydrogen) atoms. The van der Waals surface area contributed by atoms with E-state index in [1.54, 1.807) is 0 Å². The number of nitrogens with zero attached hydrogens (tertiary/aromatic N) is 1. The zero-order chi connectivity index (χ0) is 14.4. The Bertz CT molecular complexity index is 261. The Kier molecular flexibility index (Phi) is 6.35. The number of hydrogen-bond acceptors (Lipinski definition) is 2. The molecule has 1 unspecified atom stereocenters. The molecule has 118 valence electrons. The SMILES string of the molecule is CCCNC(C1CCCC1)C(C)(C)N1CCCCCC1. The van der Waals surface area contributed by atoms with Crippen molar-refractivity contribution in [2.45, 2.75) is 90.1 Å². The molecule has 2 nitrogen and oxygen atoms in total. The average Bonchev–Trinajstić information content (AvgIpc) is 2.79. The molecule has 1 aliphatic heterocycles. The van der Waals surface area contributed by atoms with Gasteiger partial charge in [0, 0.05) is 11.6 Å². The monoisotopic (exact) mass is 280 g/mol. The van der Waals surface area contributed by atoms with Gasteiger partial charge in [-0.25, -0.2) is 0 Å². The van der Waals surface area contributed by atoms with Crippen molar-refractivity contribution in [3.8, 4) is 0 Å². The number of hydrogen-bond donors (Lipinski definition) is 1. The molecule has 1 N–H and O–H groups in total. The Morgan fingerprint density at radius 3 is 2.15 bits per heavy atom. The van der Waals surface area contributed by atoms with Gasteiger partial charge in [0.2, 0.25) is 0 Å². The summed E-state index contributed by atoms with van der Waals surface area (Å²) in [7, 11) is 0. The van der Waals surface area contributed by atoms with E-state index in [4.69, 9.17) is 0 Å². The van der Waals surface area contributed by atoms with Crippen LogP contribution >= 0.6 is 0 Å². The van der Waals surface area contributed by atoms with E-state index in [0.29, 0.717) is 11.6 Å². The normalized spacial score (nSPS) is 24.8. The van der Waals surface area contributed by atoms with Gasteiger partial charge in [-0.15, -0.1) is 0 Å². The van der Waals surface area contributed by atoms with Crippen LogP contribution in [0.15, 0.2) is 0 Å². The molecule has 0 radical (unpaired) electrons. The van der Waals surface area contributed by atoms with E-state index in [-0.39, 0.29) is 0 Å². The highest BCUT2D eigenvalue weighted by molar-refractivity contribution is 4.98. The standard InChI is InChI=1S/C18H36N2/c1-4-13-19-17(16-11-7-8-12-16)18(2,3)20-14-9-5-6-10-15-20/h16-17,19H,4-15H2,1-3H3. The van der Waals surface area contributed by atoms with Gasteiger partial charge in [-0.2, -0.15) is 0 Å². The van der Waals surface area contributed by atoms with E-state index in [1.807, 2.05) is 0 Å². The summed E-state index contributed by atoms with van der Waals surface area (Å²) in [6.07, 6.45) is 12.7. The summed E-state index contributed by atoms with van der Waals surface area (Å²) in [6, 6.07) is 0.683. The van der Waals surface area contributed by atoms with E-state index in [2.05, 4.69) is 31.0 Å². The maximum Gasteiger partial charge on any atom is 0.0308 e. The lowest BCUT2D eigenvalue weighted by Gasteiger charge is -2.47. The van der Waals surface area contributed by atoms with Crippen LogP contribution in [0.1, 0.15) is 78.6 Å². The predicted molar refractivity (Wildman–Crippen MR) is 88.2 cm³/mol. The molecule has 1 saturated heterocycles. The maximum absolute atomic E-state index is 3.93. The van der Waals surface area contributed by atoms with E-state index < -0.39 is 0 Å². The van der Waals surface area contributed by atoms with Crippen LogP contribution in [0, 0.1) is 5.92 Å². The molecule has 0 bridgehead atoms. The minimum atomic E-state index is 0.314. The van der Waals surface area contributed by atoms with Crippen molar-refractivity contribution in [3.05, 3.63) is 0 Å². The predicted octanol–water partition coefficient (Wildman–Crippen LogP) is 4.20. The molecular formula is C18H36N2. The highest BCUT2D eigenvalue weighted by atomic mass is 15.2. The molecule has 2 heteroatoms. The van der Waals surface area contributed by atoms with E-state index in [0.717, 1.165) is 5.92 Å². The van der Waals surface area contributed by atoms with Gasteiger partial charge < -0.3 is 5.32 Å². The second-order valence-corrected chi connectivity index (χ2v) is 7.53. The first-order valence-corrected chi connectivity index (χ1v) is 9.14. The first kappa shape index (κ1) is 16.3. The van der Waals surface area contributed by atoms with E-state index in [9.17, 15) is 0 Å². The summed E-state index contributed by atoms with van der Waals surface area (Å²) < 4.78 is 0. The van der Waals surface area contributed by atoms with Crippen molar-refractivity contribution in [2.24, 2.45) is 5.92 Å². The van der Waals surface area contributed by atoms with Crippen LogP contribution in [0.2, 0.25) is 0 Å². The Morgan fingerprint density at radius 1 is 1.00 bits per heavy atom. The molecule has 1 atom stereocenters. The van der Waals surface area contributed by atoms with Crippen LogP contribution in [0.5, 0.6) is 0 Å². The quantitative estimate of drug-likeness (QED) is 0.784. The van der Waals surface area contributed by atoms with Crippen LogP contribution in [-0.4, -0.2) is 36.1 Å². The number of likely N-dealkylation sites (tertiary alicyclic amines) is 1. The fourth-order valence-electron chi connectivity index (χ4n) is 4.43. The molecule has 0 aromatic heterocycles. The minimum Gasteiger partial charge on any atom is -0.312 e. The molecule has 2 aliphatic rings. The van der Waals surface area contributed by atoms with Crippen LogP contribution in [0.4, 0.5) is 0 Å². The Labute approximate surface area is 126 Å². The van der Waals surface area contributed by atoms with Crippen molar-refractivity contribution < 1.29 is 0 Å². The first-order chi connectivity index (χ1) is 9.66. The summed E-state index contributed by atoms with van der Waals surface area (Å²) in [5, 5.41) is 3.93. The van der Waals surface area contributed by atoms with Crippen LogP contribution < -0.4 is 5.32 Å². The van der Waals surface area contributed by atoms with Gasteiger partial charge in [-0.3, -0.25) is 4.90 Å². The smallest absolute Gasteiger partial charge is 0.0308 e. The lowest BCUT2D eigenvalue weighted by Crippen LogP contribution is -2.60. The van der Waals surface area contributed by atoms with Gasteiger partial charge in [-0.1, -0.05) is 32.6 Å². The molecule has 0 amide bonds. The zero-order valence-electron chi connectivity index (χ0n) is 14.1. The molecule has 0 aromatic rings. The lowest BCUT2D eigenvalue weighted by atomic mass is 9.81. The Hall–Kier alpha value is -0.0800. The van der Waals surface area contributed by atoms with Gasteiger partial charge in [0.15, 0.2) is 0 Å². The summed E-state index contributed by atoms with van der Waals surface area (Å²) in [5.74, 6) is 0.903. The third kappa shape index (κ3) is 3.98. The molecule has 2 rings (SSSR count). The topological polar surface area (TPSA) is 15.3 Å². The maximum atomic E-state index is 3.93. The zero-order valence-corrected chi connectivity index (χ0v) is 14.1. The van der Waals surface area contributed by atoms with E-state index in [1.165, 1.54) is 77.4 Å². The van der Waals surface area contributed by atoms with Crippen LogP contribution in [-0.2, 0) is 0 Å². The Morgan fingerprint density at radius 2 is 1.60 bits per heavy atom. The summed E-state index contributed by atoms with van der Waals surface area (Å²) >= 11 is 0. The van der Waals surface area contributed by atoms with Crippen molar-refractivity contribution in [2.75, 3.05) is 19.6 Å². The third-order valence-electron chi connectivity index (χ3n) is 5.67. The molecule has 0 spiro atoms. The summed E-state index contributed by atoms with van der Waals surface area (Å²) in [6.45, 7) is 11.1. The fourth-order valence-corrected chi connectivity index (χ4v) is 4.43. The molecule has 2 fully saturated rings. The molecule has 1 aliphatic carbocycles. The molecular weight excluding hydrogens is 244 g/mol. The van der Waals surface area contributed by atoms with Gasteiger partial charge in [0.05, 0.1) is 0 Å². The largest absolute Gasteiger partial charge is 0.312 e. The van der Waals surface area contributed by atoms with Gasteiger partial charge in [0.1, 0.15) is 0 Å². The van der Waals surface area contributed by atoms with Crippen molar-refractivity contribution in [1.82, 2.24) is 10.2 Å². The molecule has 0 aromatic carbocycles. The fraction of sp³-hybridized carbons (Fsp3) is 1.00. The average molecular weight is 280 g/mol. The van der Waals surface area contributed by atoms with E-state index >= 15 is 0 Å². The number of rotatable bonds is 6. The van der Waals surface area contributed by atoms with Crippen LogP contribution in [0.25, 0.3) is 0 Å².